The van der Waals surface area contributed by atoms with Crippen LogP contribution in [-0.4, -0.2) is 29.9 Å². The van der Waals surface area contributed by atoms with E-state index in [0.29, 0.717) is 10.8 Å². The zero-order valence-corrected chi connectivity index (χ0v) is 13.4. The Labute approximate surface area is 126 Å². The summed E-state index contributed by atoms with van der Waals surface area (Å²) in [6.07, 6.45) is -0.177. The van der Waals surface area contributed by atoms with Gasteiger partial charge in [0.05, 0.1) is 0 Å². The van der Waals surface area contributed by atoms with Crippen molar-refractivity contribution >= 4 is 28.3 Å². The lowest BCUT2D eigenvalue weighted by atomic mass is 10.1. The predicted octanol–water partition coefficient (Wildman–Crippen LogP) is 3.70. The summed E-state index contributed by atoms with van der Waals surface area (Å²) in [6.45, 7) is 5.15. The maximum absolute atomic E-state index is 13.8. The smallest absolute Gasteiger partial charge is 0.410 e. The number of carbonyl (C=O) groups excluding carboxylic acids is 2. The van der Waals surface area contributed by atoms with E-state index in [1.54, 1.807) is 20.8 Å². The van der Waals surface area contributed by atoms with Gasteiger partial charge in [-0.3, -0.25) is 4.90 Å². The summed E-state index contributed by atoms with van der Waals surface area (Å²) in [7, 11) is 1.40. The van der Waals surface area contributed by atoms with Gasteiger partial charge in [0, 0.05) is 17.1 Å². The van der Waals surface area contributed by atoms with Gasteiger partial charge in [-0.1, -0.05) is 15.9 Å². The number of hydrogen-bond donors (Lipinski definition) is 0. The Morgan fingerprint density at radius 3 is 2.55 bits per heavy atom. The summed E-state index contributed by atoms with van der Waals surface area (Å²) < 4.78 is 19.6. The fourth-order valence-corrected chi connectivity index (χ4v) is 1.94. The van der Waals surface area contributed by atoms with Gasteiger partial charge in [0.15, 0.2) is 0 Å². The van der Waals surface area contributed by atoms with Gasteiger partial charge < -0.3 is 9.53 Å². The second-order valence-electron chi connectivity index (χ2n) is 5.34. The lowest BCUT2D eigenvalue weighted by molar-refractivity contribution is -0.112. The minimum atomic E-state index is -1.04. The van der Waals surface area contributed by atoms with Crippen molar-refractivity contribution < 1.29 is 18.7 Å². The Morgan fingerprint density at radius 1 is 1.45 bits per heavy atom. The molecule has 1 atom stereocenters. The third-order valence-corrected chi connectivity index (χ3v) is 3.00. The molecule has 110 valence electrons. The molecule has 0 aliphatic carbocycles. The first-order valence-electron chi connectivity index (χ1n) is 6.02. The number of ether oxygens (including phenoxy) is 1. The summed E-state index contributed by atoms with van der Waals surface area (Å²) in [4.78, 5) is 24.3. The van der Waals surface area contributed by atoms with E-state index in [9.17, 15) is 14.0 Å². The van der Waals surface area contributed by atoms with Gasteiger partial charge in [0.1, 0.15) is 23.7 Å². The molecule has 0 N–H and O–H groups in total. The van der Waals surface area contributed by atoms with E-state index in [-0.39, 0.29) is 5.56 Å². The first-order valence-corrected chi connectivity index (χ1v) is 6.81. The molecule has 1 aromatic carbocycles. The molecule has 0 saturated heterocycles. The highest BCUT2D eigenvalue weighted by molar-refractivity contribution is 9.10. The van der Waals surface area contributed by atoms with Crippen molar-refractivity contribution in [1.82, 2.24) is 4.90 Å². The van der Waals surface area contributed by atoms with Crippen LogP contribution in [0.15, 0.2) is 22.7 Å². The van der Waals surface area contributed by atoms with E-state index >= 15 is 0 Å². The lowest BCUT2D eigenvalue weighted by Crippen LogP contribution is -2.37. The second-order valence-corrected chi connectivity index (χ2v) is 6.25. The van der Waals surface area contributed by atoms with Crippen molar-refractivity contribution in [3.8, 4) is 0 Å². The van der Waals surface area contributed by atoms with Gasteiger partial charge in [-0.05, 0) is 39.0 Å². The molecule has 0 radical (unpaired) electrons. The summed E-state index contributed by atoms with van der Waals surface area (Å²) >= 11 is 3.21. The summed E-state index contributed by atoms with van der Waals surface area (Å²) in [5.41, 5.74) is -0.572. The number of likely N-dealkylation sites (N-methyl/N-ethyl adjacent to an activating group) is 1. The van der Waals surface area contributed by atoms with E-state index in [1.807, 2.05) is 0 Å². The van der Waals surface area contributed by atoms with Crippen molar-refractivity contribution in [2.24, 2.45) is 0 Å². The number of carbonyl (C=O) groups is 2. The van der Waals surface area contributed by atoms with Crippen molar-refractivity contribution in [2.75, 3.05) is 7.05 Å². The number of rotatable bonds is 3. The number of aldehydes is 1. The average molecular weight is 346 g/mol. The molecule has 4 nitrogen and oxygen atoms in total. The normalized spacial score (nSPS) is 12.7. The zero-order valence-electron chi connectivity index (χ0n) is 11.8. The largest absolute Gasteiger partial charge is 0.444 e. The Morgan fingerprint density at radius 2 is 2.05 bits per heavy atom. The van der Waals surface area contributed by atoms with Gasteiger partial charge in [-0.15, -0.1) is 0 Å². The molecule has 0 spiro atoms. The summed E-state index contributed by atoms with van der Waals surface area (Å²) in [5.74, 6) is -0.555. The molecule has 1 amide bonds. The molecule has 0 aromatic heterocycles. The maximum Gasteiger partial charge on any atom is 0.410 e. The molecule has 0 heterocycles. The molecule has 0 saturated carbocycles. The van der Waals surface area contributed by atoms with Crippen LogP contribution in [0.1, 0.15) is 32.4 Å². The number of halogens is 2. The van der Waals surface area contributed by atoms with E-state index < -0.39 is 23.6 Å². The van der Waals surface area contributed by atoms with E-state index in [1.165, 1.54) is 25.2 Å². The third-order valence-electron chi connectivity index (χ3n) is 2.50. The summed E-state index contributed by atoms with van der Waals surface area (Å²) in [6, 6.07) is 3.19. The van der Waals surface area contributed by atoms with E-state index in [0.717, 1.165) is 4.90 Å². The second kappa shape index (κ2) is 6.35. The van der Waals surface area contributed by atoms with Crippen LogP contribution in [0, 0.1) is 5.82 Å². The van der Waals surface area contributed by atoms with Crippen LogP contribution in [0.3, 0.4) is 0 Å². The van der Waals surface area contributed by atoms with E-state index in [4.69, 9.17) is 4.74 Å². The predicted molar refractivity (Wildman–Crippen MR) is 76.9 cm³/mol. The molecule has 1 rings (SSSR count). The van der Waals surface area contributed by atoms with Crippen molar-refractivity contribution in [2.45, 2.75) is 32.4 Å². The highest BCUT2D eigenvalue weighted by atomic mass is 79.9. The maximum atomic E-state index is 13.8. The summed E-state index contributed by atoms with van der Waals surface area (Å²) in [5, 5.41) is 0. The minimum absolute atomic E-state index is 0.114. The zero-order chi connectivity index (χ0) is 15.5. The van der Waals surface area contributed by atoms with Crippen molar-refractivity contribution in [3.63, 3.8) is 0 Å². The van der Waals surface area contributed by atoms with Crippen LogP contribution >= 0.6 is 15.9 Å². The van der Waals surface area contributed by atoms with Gasteiger partial charge in [-0.2, -0.15) is 0 Å². The highest BCUT2D eigenvalue weighted by Crippen LogP contribution is 2.25. The van der Waals surface area contributed by atoms with Crippen molar-refractivity contribution in [3.05, 3.63) is 34.1 Å². The van der Waals surface area contributed by atoms with Crippen LogP contribution in [-0.2, 0) is 9.53 Å². The third kappa shape index (κ3) is 4.30. The Hall–Kier alpha value is -1.43. The Bertz CT molecular complexity index is 514. The number of nitrogens with zero attached hydrogens (tertiary/aromatic N) is 1. The molecule has 1 unspecified atom stereocenters. The monoisotopic (exact) mass is 345 g/mol. The molecular formula is C14H17BrFNO3. The highest BCUT2D eigenvalue weighted by Gasteiger charge is 2.28. The molecule has 6 heteroatoms. The van der Waals surface area contributed by atoms with Gasteiger partial charge >= 0.3 is 6.09 Å². The molecular weight excluding hydrogens is 329 g/mol. The van der Waals surface area contributed by atoms with Gasteiger partial charge in [-0.25, -0.2) is 9.18 Å². The van der Waals surface area contributed by atoms with Crippen LogP contribution in [0.4, 0.5) is 9.18 Å². The lowest BCUT2D eigenvalue weighted by Gasteiger charge is -2.28. The first kappa shape index (κ1) is 16.6. The van der Waals surface area contributed by atoms with Crippen molar-refractivity contribution in [1.29, 1.82) is 0 Å². The quantitative estimate of drug-likeness (QED) is 0.784. The molecule has 0 aliphatic rings. The molecule has 1 aromatic rings. The van der Waals surface area contributed by atoms with Crippen LogP contribution in [0.5, 0.6) is 0 Å². The molecule has 0 bridgehead atoms. The van der Waals surface area contributed by atoms with E-state index in [2.05, 4.69) is 15.9 Å². The number of amides is 1. The van der Waals surface area contributed by atoms with Crippen LogP contribution in [0.25, 0.3) is 0 Å². The van der Waals surface area contributed by atoms with Gasteiger partial charge in [0.2, 0.25) is 0 Å². The van der Waals surface area contributed by atoms with Crippen LogP contribution < -0.4 is 0 Å². The first-order chi connectivity index (χ1) is 9.15. The fraction of sp³-hybridized carbons (Fsp3) is 0.429. The Kier molecular flexibility index (Phi) is 5.28. The van der Waals surface area contributed by atoms with Crippen LogP contribution in [0.2, 0.25) is 0 Å². The topological polar surface area (TPSA) is 46.6 Å². The molecule has 0 aliphatic heterocycles. The molecule has 20 heavy (non-hydrogen) atoms. The standard InChI is InChI=1S/C14H17BrFNO3/c1-14(2,3)20-13(19)17(4)12(8-18)10-7-9(15)5-6-11(10)16/h5-8,12H,1-4H3. The Balaban J connectivity index is 3.04. The number of hydrogen-bond acceptors (Lipinski definition) is 3. The number of benzene rings is 1. The average Bonchev–Trinajstić information content (AvgIpc) is 2.32. The SMILES string of the molecule is CN(C(=O)OC(C)(C)C)C(C=O)c1cc(Br)ccc1F. The van der Waals surface area contributed by atoms with Gasteiger partial charge in [0.25, 0.3) is 0 Å². The fourth-order valence-electron chi connectivity index (χ4n) is 1.56. The minimum Gasteiger partial charge on any atom is -0.444 e. The molecule has 0 fully saturated rings.